The second-order valence-electron chi connectivity index (χ2n) is 9.81. The fourth-order valence-electron chi connectivity index (χ4n) is 5.30. The molecule has 1 unspecified atom stereocenters. The van der Waals surface area contributed by atoms with Crippen molar-refractivity contribution < 1.29 is 17.9 Å². The van der Waals surface area contributed by atoms with Crippen molar-refractivity contribution in [3.63, 3.8) is 0 Å². The van der Waals surface area contributed by atoms with Crippen molar-refractivity contribution in [2.75, 3.05) is 66.1 Å². The maximum atomic E-state index is 13.3. The molecule has 0 aliphatic carbocycles. The van der Waals surface area contributed by atoms with Crippen LogP contribution in [0, 0.1) is 0 Å². The first-order chi connectivity index (χ1) is 16.8. The van der Waals surface area contributed by atoms with E-state index in [-0.39, 0.29) is 35.1 Å². The smallest absolute Gasteiger partial charge is 0.248 e. The van der Waals surface area contributed by atoms with Gasteiger partial charge in [0.15, 0.2) is 0 Å². The summed E-state index contributed by atoms with van der Waals surface area (Å²) in [6.45, 7) is 6.10. The number of hydrogen-bond donors (Lipinski definition) is 0. The highest BCUT2D eigenvalue weighted by molar-refractivity contribution is 7.89. The number of carbonyl (C=O) groups is 1. The van der Waals surface area contributed by atoms with E-state index in [1.54, 1.807) is 0 Å². The first kappa shape index (κ1) is 27.1. The Hall–Kier alpha value is -0.940. The largest absolute Gasteiger partial charge is 0.370 e. The van der Waals surface area contributed by atoms with Gasteiger partial charge in [0.1, 0.15) is 6.61 Å². The lowest BCUT2D eigenvalue weighted by Gasteiger charge is -2.42. The monoisotopic (exact) mass is 546 g/mol. The molecule has 3 heterocycles. The quantitative estimate of drug-likeness (QED) is 0.523. The summed E-state index contributed by atoms with van der Waals surface area (Å²) in [5.74, 6) is -0.0253. The Morgan fingerprint density at radius 3 is 2.37 bits per heavy atom. The lowest BCUT2D eigenvalue weighted by molar-refractivity contribution is -0.138. The summed E-state index contributed by atoms with van der Waals surface area (Å²) in [4.78, 5) is 19.6. The van der Waals surface area contributed by atoms with Crippen LogP contribution in [0.4, 0.5) is 0 Å². The number of nitrogens with zero attached hydrogens (tertiary/aromatic N) is 4. The van der Waals surface area contributed by atoms with E-state index >= 15 is 0 Å². The van der Waals surface area contributed by atoms with Gasteiger partial charge in [-0.25, -0.2) is 8.42 Å². The van der Waals surface area contributed by atoms with Crippen LogP contribution in [0.2, 0.25) is 10.0 Å². The molecule has 1 atom stereocenters. The molecule has 3 saturated heterocycles. The summed E-state index contributed by atoms with van der Waals surface area (Å²) >= 11 is 12.0. The van der Waals surface area contributed by atoms with Crippen LogP contribution in [0.25, 0.3) is 0 Å². The molecule has 0 bridgehead atoms. The summed E-state index contributed by atoms with van der Waals surface area (Å²) < 4.78 is 33.8. The average Bonchev–Trinajstić information content (AvgIpc) is 2.86. The van der Waals surface area contributed by atoms with Gasteiger partial charge in [-0.05, 0) is 64.0 Å². The molecule has 1 amide bonds. The predicted molar refractivity (Wildman–Crippen MR) is 137 cm³/mol. The Labute approximate surface area is 219 Å². The second kappa shape index (κ2) is 12.1. The Morgan fingerprint density at radius 1 is 0.971 bits per heavy atom. The summed E-state index contributed by atoms with van der Waals surface area (Å²) in [5, 5.41) is 0.522. The van der Waals surface area contributed by atoms with Crippen LogP contribution in [0.15, 0.2) is 23.1 Å². The van der Waals surface area contributed by atoms with Crippen molar-refractivity contribution in [2.45, 2.75) is 49.1 Å². The standard InChI is InChI=1S/C24H36Cl2N4O4S/c1-27-10-7-19(8-11-27)28-12-14-29(15-13-28)24(31)18-34-17-20-4-2-3-9-30(20)35(32,33)21-5-6-22(25)23(26)16-21/h5-6,16,19-20H,2-4,7-15,17-18H2,1H3. The fourth-order valence-corrected chi connectivity index (χ4v) is 7.37. The molecule has 0 saturated carbocycles. The van der Waals surface area contributed by atoms with Gasteiger partial charge in [-0.3, -0.25) is 9.69 Å². The van der Waals surface area contributed by atoms with Crippen molar-refractivity contribution in [2.24, 2.45) is 0 Å². The van der Waals surface area contributed by atoms with Gasteiger partial charge in [0.05, 0.1) is 21.5 Å². The average molecular weight is 548 g/mol. The van der Waals surface area contributed by atoms with E-state index in [0.29, 0.717) is 24.0 Å². The molecule has 196 valence electrons. The number of hydrogen-bond acceptors (Lipinski definition) is 6. The minimum Gasteiger partial charge on any atom is -0.370 e. The normalized spacial score (nSPS) is 24.1. The van der Waals surface area contributed by atoms with Crippen LogP contribution in [0.5, 0.6) is 0 Å². The number of amides is 1. The van der Waals surface area contributed by atoms with E-state index in [9.17, 15) is 13.2 Å². The minimum absolute atomic E-state index is 0.0224. The van der Waals surface area contributed by atoms with E-state index in [1.807, 2.05) is 4.90 Å². The third-order valence-electron chi connectivity index (χ3n) is 7.48. The van der Waals surface area contributed by atoms with Gasteiger partial charge in [-0.2, -0.15) is 4.31 Å². The number of benzene rings is 1. The zero-order valence-corrected chi connectivity index (χ0v) is 22.7. The summed E-state index contributed by atoms with van der Waals surface area (Å²) in [6, 6.07) is 4.68. The minimum atomic E-state index is -3.74. The van der Waals surface area contributed by atoms with Crippen LogP contribution in [0.1, 0.15) is 32.1 Å². The second-order valence-corrected chi connectivity index (χ2v) is 12.5. The molecule has 3 fully saturated rings. The molecule has 1 aromatic carbocycles. The van der Waals surface area contributed by atoms with E-state index in [1.165, 1.54) is 35.3 Å². The summed E-state index contributed by atoms with van der Waals surface area (Å²) in [6.07, 6.45) is 4.79. The third-order valence-corrected chi connectivity index (χ3v) is 10.2. The van der Waals surface area contributed by atoms with Crippen LogP contribution < -0.4 is 0 Å². The number of halogens is 2. The molecule has 0 spiro atoms. The number of rotatable bonds is 7. The molecule has 4 rings (SSSR count). The van der Waals surface area contributed by atoms with Gasteiger partial charge in [0.25, 0.3) is 0 Å². The first-order valence-electron chi connectivity index (χ1n) is 12.5. The Bertz CT molecular complexity index is 980. The van der Waals surface area contributed by atoms with Crippen LogP contribution in [-0.4, -0.2) is 111 Å². The molecule has 0 radical (unpaired) electrons. The lowest BCUT2D eigenvalue weighted by atomic mass is 10.0. The summed E-state index contributed by atoms with van der Waals surface area (Å²) in [7, 11) is -1.57. The molecule has 8 nitrogen and oxygen atoms in total. The fraction of sp³-hybridized carbons (Fsp3) is 0.708. The molecular weight excluding hydrogens is 511 g/mol. The third kappa shape index (κ3) is 6.69. The predicted octanol–water partition coefficient (Wildman–Crippen LogP) is 2.79. The highest BCUT2D eigenvalue weighted by Crippen LogP contribution is 2.30. The molecule has 1 aromatic rings. The number of sulfonamides is 1. The number of carbonyl (C=O) groups excluding carboxylic acids is 1. The lowest BCUT2D eigenvalue weighted by Crippen LogP contribution is -2.54. The van der Waals surface area contributed by atoms with Crippen molar-refractivity contribution >= 4 is 39.1 Å². The highest BCUT2D eigenvalue weighted by atomic mass is 35.5. The number of piperazine rings is 1. The molecule has 3 aliphatic rings. The zero-order valence-electron chi connectivity index (χ0n) is 20.4. The maximum Gasteiger partial charge on any atom is 0.248 e. The van der Waals surface area contributed by atoms with E-state index < -0.39 is 10.0 Å². The van der Waals surface area contributed by atoms with Gasteiger partial charge in [0.2, 0.25) is 15.9 Å². The van der Waals surface area contributed by atoms with Gasteiger partial charge in [-0.1, -0.05) is 29.6 Å². The zero-order chi connectivity index (χ0) is 25.0. The molecule has 3 aliphatic heterocycles. The molecule has 0 aromatic heterocycles. The van der Waals surface area contributed by atoms with Gasteiger partial charge in [-0.15, -0.1) is 0 Å². The van der Waals surface area contributed by atoms with Crippen molar-refractivity contribution in [1.29, 1.82) is 0 Å². The first-order valence-corrected chi connectivity index (χ1v) is 14.7. The van der Waals surface area contributed by atoms with Gasteiger partial charge >= 0.3 is 0 Å². The number of ether oxygens (including phenoxy) is 1. The Kier molecular flexibility index (Phi) is 9.35. The van der Waals surface area contributed by atoms with Crippen molar-refractivity contribution in [3.8, 4) is 0 Å². The van der Waals surface area contributed by atoms with E-state index in [4.69, 9.17) is 27.9 Å². The topological polar surface area (TPSA) is 73.4 Å². The number of piperidine rings is 2. The van der Waals surface area contributed by atoms with Crippen LogP contribution in [-0.2, 0) is 19.6 Å². The van der Waals surface area contributed by atoms with Crippen LogP contribution in [0.3, 0.4) is 0 Å². The number of likely N-dealkylation sites (tertiary alicyclic amines) is 1. The molecule has 0 N–H and O–H groups in total. The maximum absolute atomic E-state index is 13.3. The SMILES string of the molecule is CN1CCC(N2CCN(C(=O)COCC3CCCCN3S(=O)(=O)c3ccc(Cl)c(Cl)c3)CC2)CC1. The Balaban J connectivity index is 1.26. The van der Waals surface area contributed by atoms with Crippen molar-refractivity contribution in [3.05, 3.63) is 28.2 Å². The molecule has 11 heteroatoms. The summed E-state index contributed by atoms with van der Waals surface area (Å²) in [5.41, 5.74) is 0. The molecular formula is C24H36Cl2N4O4S. The van der Waals surface area contributed by atoms with Crippen LogP contribution >= 0.6 is 23.2 Å². The molecule has 35 heavy (non-hydrogen) atoms. The van der Waals surface area contributed by atoms with E-state index in [2.05, 4.69) is 16.8 Å². The Morgan fingerprint density at radius 2 is 1.69 bits per heavy atom. The van der Waals surface area contributed by atoms with Crippen molar-refractivity contribution in [1.82, 2.24) is 19.0 Å². The van der Waals surface area contributed by atoms with Gasteiger partial charge < -0.3 is 14.5 Å². The van der Waals surface area contributed by atoms with Gasteiger partial charge in [0, 0.05) is 44.8 Å². The van der Waals surface area contributed by atoms with E-state index in [0.717, 1.165) is 52.1 Å². The highest BCUT2D eigenvalue weighted by Gasteiger charge is 2.34.